The van der Waals surface area contributed by atoms with Gasteiger partial charge < -0.3 is 14.4 Å². The first-order valence-corrected chi connectivity index (χ1v) is 8.19. The summed E-state index contributed by atoms with van der Waals surface area (Å²) >= 11 is 0. The molecule has 2 amide bonds. The number of methoxy groups -OCH3 is 1. The van der Waals surface area contributed by atoms with Crippen LogP contribution in [0.2, 0.25) is 0 Å². The van der Waals surface area contributed by atoms with Gasteiger partial charge in [-0.25, -0.2) is 10.3 Å². The van der Waals surface area contributed by atoms with Crippen LogP contribution in [-0.4, -0.2) is 55.6 Å². The molecular formula is C16H26N2O7. The predicted octanol–water partition coefficient (Wildman–Crippen LogP) is 0.381. The summed E-state index contributed by atoms with van der Waals surface area (Å²) in [7, 11) is 2.81. The summed E-state index contributed by atoms with van der Waals surface area (Å²) in [6.07, 6.45) is 2.90. The molecule has 0 saturated heterocycles. The van der Waals surface area contributed by atoms with Crippen molar-refractivity contribution in [1.82, 2.24) is 10.4 Å². The van der Waals surface area contributed by atoms with Gasteiger partial charge >= 0.3 is 11.9 Å². The molecule has 0 aliphatic heterocycles. The lowest BCUT2D eigenvalue weighted by Gasteiger charge is -2.33. The molecule has 1 aliphatic rings. The number of rotatable bonds is 7. The standard InChI is InChI=1S/C16H26N2O7/c1-10(14(20)17-25-9-24-11(2)19)18(3)15(21)12-7-5-6-8-13(12)16(22)23-4/h10,12-13H,5-9H2,1-4H3,(H,17,20). The van der Waals surface area contributed by atoms with Crippen molar-refractivity contribution in [3.63, 3.8) is 0 Å². The number of carbonyl (C=O) groups excluding carboxylic acids is 4. The molecule has 0 radical (unpaired) electrons. The van der Waals surface area contributed by atoms with Crippen molar-refractivity contribution in [2.75, 3.05) is 21.0 Å². The van der Waals surface area contributed by atoms with Crippen LogP contribution in [0, 0.1) is 11.8 Å². The number of nitrogens with one attached hydrogen (secondary N) is 1. The van der Waals surface area contributed by atoms with E-state index in [1.807, 2.05) is 0 Å². The van der Waals surface area contributed by atoms with E-state index in [1.54, 1.807) is 6.92 Å². The molecule has 0 aromatic heterocycles. The van der Waals surface area contributed by atoms with Crippen molar-refractivity contribution >= 4 is 23.8 Å². The van der Waals surface area contributed by atoms with Crippen molar-refractivity contribution < 1.29 is 33.5 Å². The number of hydrogen-bond donors (Lipinski definition) is 1. The number of ether oxygens (including phenoxy) is 2. The van der Waals surface area contributed by atoms with Gasteiger partial charge in [0.1, 0.15) is 6.04 Å². The molecule has 25 heavy (non-hydrogen) atoms. The van der Waals surface area contributed by atoms with Crippen molar-refractivity contribution in [3.8, 4) is 0 Å². The Balaban J connectivity index is 2.61. The van der Waals surface area contributed by atoms with E-state index in [4.69, 9.17) is 9.57 Å². The molecule has 9 nitrogen and oxygen atoms in total. The zero-order valence-corrected chi connectivity index (χ0v) is 15.1. The third-order valence-corrected chi connectivity index (χ3v) is 4.39. The number of carbonyl (C=O) groups is 4. The summed E-state index contributed by atoms with van der Waals surface area (Å²) in [5.74, 6) is -2.76. The summed E-state index contributed by atoms with van der Waals surface area (Å²) in [6.45, 7) is 2.33. The Morgan fingerprint density at radius 1 is 1.16 bits per heavy atom. The van der Waals surface area contributed by atoms with E-state index in [1.165, 1.54) is 26.0 Å². The molecular weight excluding hydrogens is 332 g/mol. The zero-order chi connectivity index (χ0) is 19.0. The van der Waals surface area contributed by atoms with Crippen LogP contribution >= 0.6 is 0 Å². The Labute approximate surface area is 146 Å². The summed E-state index contributed by atoms with van der Waals surface area (Å²) < 4.78 is 9.31. The number of nitrogens with zero attached hydrogens (tertiary/aromatic N) is 1. The predicted molar refractivity (Wildman–Crippen MR) is 85.6 cm³/mol. The van der Waals surface area contributed by atoms with Crippen LogP contribution < -0.4 is 5.48 Å². The zero-order valence-electron chi connectivity index (χ0n) is 15.1. The van der Waals surface area contributed by atoms with Gasteiger partial charge in [0.2, 0.25) is 12.7 Å². The molecule has 3 unspecified atom stereocenters. The molecule has 0 bridgehead atoms. The second-order valence-corrected chi connectivity index (χ2v) is 6.01. The number of esters is 2. The van der Waals surface area contributed by atoms with E-state index >= 15 is 0 Å². The van der Waals surface area contributed by atoms with Gasteiger partial charge in [-0.3, -0.25) is 19.2 Å². The Bertz CT molecular complexity index is 509. The van der Waals surface area contributed by atoms with Crippen molar-refractivity contribution in [2.24, 2.45) is 11.8 Å². The average Bonchev–Trinajstić information content (AvgIpc) is 2.62. The number of hydroxylamine groups is 1. The summed E-state index contributed by atoms with van der Waals surface area (Å²) in [6, 6.07) is -0.815. The Morgan fingerprint density at radius 2 is 1.76 bits per heavy atom. The maximum absolute atomic E-state index is 12.7. The Morgan fingerprint density at radius 3 is 2.32 bits per heavy atom. The number of amides is 2. The third kappa shape index (κ3) is 6.00. The highest BCUT2D eigenvalue weighted by molar-refractivity contribution is 5.90. The number of likely N-dealkylation sites (N-methyl/N-ethyl adjacent to an activating group) is 1. The van der Waals surface area contributed by atoms with Gasteiger partial charge in [0.15, 0.2) is 0 Å². The van der Waals surface area contributed by atoms with E-state index in [0.717, 1.165) is 12.8 Å². The second kappa shape index (κ2) is 9.97. The average molecular weight is 358 g/mol. The molecule has 3 atom stereocenters. The van der Waals surface area contributed by atoms with Crippen LogP contribution in [0.3, 0.4) is 0 Å². The summed E-state index contributed by atoms with van der Waals surface area (Å²) in [4.78, 5) is 53.3. The van der Waals surface area contributed by atoms with Crippen molar-refractivity contribution in [2.45, 2.75) is 45.6 Å². The fraction of sp³-hybridized carbons (Fsp3) is 0.750. The Hall–Kier alpha value is -2.16. The molecule has 0 aromatic carbocycles. The molecule has 1 N–H and O–H groups in total. The van der Waals surface area contributed by atoms with Crippen molar-refractivity contribution in [3.05, 3.63) is 0 Å². The quantitative estimate of drug-likeness (QED) is 0.303. The van der Waals surface area contributed by atoms with Gasteiger partial charge in [-0.05, 0) is 19.8 Å². The first kappa shape index (κ1) is 20.9. The van der Waals surface area contributed by atoms with Gasteiger partial charge in [0.05, 0.1) is 18.9 Å². The van der Waals surface area contributed by atoms with Crippen LogP contribution in [0.25, 0.3) is 0 Å². The lowest BCUT2D eigenvalue weighted by molar-refractivity contribution is -0.168. The van der Waals surface area contributed by atoms with E-state index in [9.17, 15) is 19.2 Å². The van der Waals surface area contributed by atoms with Gasteiger partial charge in [-0.2, -0.15) is 0 Å². The highest BCUT2D eigenvalue weighted by Gasteiger charge is 2.39. The third-order valence-electron chi connectivity index (χ3n) is 4.39. The first-order valence-electron chi connectivity index (χ1n) is 8.19. The fourth-order valence-electron chi connectivity index (χ4n) is 2.79. The van der Waals surface area contributed by atoms with Gasteiger partial charge in [0, 0.05) is 14.0 Å². The minimum Gasteiger partial charge on any atom is -0.469 e. The highest BCUT2D eigenvalue weighted by atomic mass is 16.8. The van der Waals surface area contributed by atoms with Crippen molar-refractivity contribution in [1.29, 1.82) is 0 Å². The van der Waals surface area contributed by atoms with Gasteiger partial charge in [-0.15, -0.1) is 0 Å². The summed E-state index contributed by atoms with van der Waals surface area (Å²) in [5, 5.41) is 0. The van der Waals surface area contributed by atoms with Gasteiger partial charge in [-0.1, -0.05) is 12.8 Å². The van der Waals surface area contributed by atoms with E-state index in [-0.39, 0.29) is 5.91 Å². The lowest BCUT2D eigenvalue weighted by Crippen LogP contribution is -2.50. The van der Waals surface area contributed by atoms with Crippen LogP contribution in [-0.2, 0) is 33.5 Å². The molecule has 1 saturated carbocycles. The topological polar surface area (TPSA) is 111 Å². The molecule has 1 fully saturated rings. The highest BCUT2D eigenvalue weighted by Crippen LogP contribution is 2.32. The van der Waals surface area contributed by atoms with Gasteiger partial charge in [0.25, 0.3) is 5.91 Å². The van der Waals surface area contributed by atoms with Crippen LogP contribution in [0.1, 0.15) is 39.5 Å². The maximum Gasteiger partial charge on any atom is 0.309 e. The fourth-order valence-corrected chi connectivity index (χ4v) is 2.79. The van der Waals surface area contributed by atoms with Crippen LogP contribution in [0.4, 0.5) is 0 Å². The SMILES string of the molecule is COC(=O)C1CCCCC1C(=O)N(C)C(C)C(=O)NOCOC(C)=O. The van der Waals surface area contributed by atoms with Crippen LogP contribution in [0.5, 0.6) is 0 Å². The minimum absolute atomic E-state index is 0.280. The monoisotopic (exact) mass is 358 g/mol. The minimum atomic E-state index is -0.815. The number of hydrogen-bond acceptors (Lipinski definition) is 7. The second-order valence-electron chi connectivity index (χ2n) is 6.01. The largest absolute Gasteiger partial charge is 0.469 e. The first-order chi connectivity index (χ1) is 11.8. The molecule has 0 heterocycles. The Kier molecular flexibility index (Phi) is 8.33. The van der Waals surface area contributed by atoms with E-state index in [0.29, 0.717) is 12.8 Å². The van der Waals surface area contributed by atoms with E-state index in [2.05, 4.69) is 10.2 Å². The molecule has 1 aliphatic carbocycles. The lowest BCUT2D eigenvalue weighted by atomic mass is 9.78. The maximum atomic E-state index is 12.7. The molecule has 1 rings (SSSR count). The van der Waals surface area contributed by atoms with Crippen LogP contribution in [0.15, 0.2) is 0 Å². The smallest absolute Gasteiger partial charge is 0.309 e. The molecule has 142 valence electrons. The molecule has 0 aromatic rings. The molecule has 9 heteroatoms. The summed E-state index contributed by atoms with van der Waals surface area (Å²) in [5.41, 5.74) is 2.12. The molecule has 0 spiro atoms. The normalized spacial score (nSPS) is 21.0. The van der Waals surface area contributed by atoms with E-state index < -0.39 is 42.5 Å².